The van der Waals surface area contributed by atoms with Crippen molar-refractivity contribution in [3.8, 4) is 11.5 Å². The summed E-state index contributed by atoms with van der Waals surface area (Å²) in [5, 5.41) is 49.2. The Kier molecular flexibility index (Phi) is 9.18. The number of nitrogens with zero attached hydrogens (tertiary/aromatic N) is 9. The molecule has 4 aliphatic heterocycles. The van der Waals surface area contributed by atoms with Crippen LogP contribution in [0.4, 0.5) is 9.52 Å². The molecule has 4 atom stereocenters. The molecule has 2 aromatic heterocycles. The van der Waals surface area contributed by atoms with E-state index in [-0.39, 0.29) is 28.4 Å². The van der Waals surface area contributed by atoms with E-state index in [4.69, 9.17) is 10.6 Å². The van der Waals surface area contributed by atoms with Gasteiger partial charge in [0.2, 0.25) is 17.1 Å². The van der Waals surface area contributed by atoms with Gasteiger partial charge in [-0.25, -0.2) is 14.3 Å². The van der Waals surface area contributed by atoms with Gasteiger partial charge in [-0.3, -0.25) is 19.3 Å². The van der Waals surface area contributed by atoms with Crippen LogP contribution in [0, 0.1) is 5.82 Å². The molecule has 6 heterocycles. The summed E-state index contributed by atoms with van der Waals surface area (Å²) < 4.78 is 18.8. The minimum Gasteiger partial charge on any atom is -0.504 e. The summed E-state index contributed by atoms with van der Waals surface area (Å²) in [6.07, 6.45) is 1.73. The maximum atomic E-state index is 14.1. The molecule has 3 fully saturated rings. The standard InChI is InChI=1S/C30H33FN12O8S2/c1-30(2,28(49)50)51-37-18(22-34-29(32)53-38-22)24(46)33-19-26(48)42-20(23-35-39-40-36-23)14(12-52-27(19)42)11-43-6-3-4-15(43)10-41(5-7-43)25(47)13-8-16(31)21(45)17(44)9-13/h8-9,15,19,27H,3-7,10-12H2,1-2H3,(H6-,32,33,34,35,36,37,38,39,40,44,45,46,47,49,50)/p+1/t15-,19+,27+,43+/m0/s1. The summed E-state index contributed by atoms with van der Waals surface area (Å²) in [6, 6.07) is 0.982. The number of halogens is 1. The van der Waals surface area contributed by atoms with Gasteiger partial charge in [0, 0.05) is 41.3 Å². The third-order valence-corrected chi connectivity index (χ3v) is 11.8. The number of H-pyrrole nitrogens is 1. The van der Waals surface area contributed by atoms with Crippen LogP contribution >= 0.6 is 23.3 Å². The fraction of sp³-hybridized carbons (Fsp3) is 0.467. The van der Waals surface area contributed by atoms with Crippen molar-refractivity contribution in [3.63, 3.8) is 0 Å². The topological polar surface area (TPSA) is 275 Å². The summed E-state index contributed by atoms with van der Waals surface area (Å²) >= 11 is 2.23. The fourth-order valence-electron chi connectivity index (χ4n) is 7.08. The van der Waals surface area contributed by atoms with E-state index in [1.54, 1.807) is 4.90 Å². The number of hydrogen-bond acceptors (Lipinski definition) is 16. The van der Waals surface area contributed by atoms with E-state index in [1.165, 1.54) is 30.5 Å². The average molecular weight is 774 g/mol. The summed E-state index contributed by atoms with van der Waals surface area (Å²) in [5.74, 6) is -5.30. The quantitative estimate of drug-likeness (QED) is 0.0508. The number of thioether (sulfide) groups is 1. The second-order valence-corrected chi connectivity index (χ2v) is 15.5. The van der Waals surface area contributed by atoms with E-state index in [0.29, 0.717) is 42.1 Å². The molecule has 53 heavy (non-hydrogen) atoms. The maximum absolute atomic E-state index is 14.1. The molecular formula is C30H34FN12O8S2+. The number of amides is 3. The van der Waals surface area contributed by atoms with Crippen molar-refractivity contribution >= 4 is 63.5 Å². The van der Waals surface area contributed by atoms with Crippen molar-refractivity contribution in [2.24, 2.45) is 5.16 Å². The van der Waals surface area contributed by atoms with Crippen LogP contribution in [-0.4, -0.2) is 151 Å². The average Bonchev–Trinajstić information content (AvgIpc) is 3.90. The Hall–Kier alpha value is -5.42. The van der Waals surface area contributed by atoms with E-state index in [1.807, 2.05) is 0 Å². The number of nitrogens with one attached hydrogen (secondary N) is 2. The third-order valence-electron chi connectivity index (χ3n) is 9.90. The van der Waals surface area contributed by atoms with E-state index < -0.39 is 63.7 Å². The number of anilines is 1. The number of phenols is 2. The smallest absolute Gasteiger partial charge is 0.350 e. The van der Waals surface area contributed by atoms with Crippen molar-refractivity contribution in [3.05, 3.63) is 40.7 Å². The number of nitrogen functional groups attached to an aromatic ring is 1. The van der Waals surface area contributed by atoms with Crippen LogP contribution in [-0.2, 0) is 19.2 Å². The Bertz CT molecular complexity index is 2040. The zero-order valence-corrected chi connectivity index (χ0v) is 29.9. The molecule has 3 amide bonds. The lowest BCUT2D eigenvalue weighted by atomic mass is 10.00. The minimum atomic E-state index is -1.80. The molecule has 0 radical (unpaired) electrons. The Balaban J connectivity index is 1.11. The number of fused-ring (bicyclic) bond motifs is 2. The number of aromatic amines is 1. The Morgan fingerprint density at radius 2 is 2.06 bits per heavy atom. The highest BCUT2D eigenvalue weighted by atomic mass is 32.2. The molecule has 0 saturated carbocycles. The first kappa shape index (κ1) is 36.0. The second kappa shape index (κ2) is 13.5. The summed E-state index contributed by atoms with van der Waals surface area (Å²) in [7, 11) is 0. The van der Waals surface area contributed by atoms with Gasteiger partial charge in [0.1, 0.15) is 24.0 Å². The monoisotopic (exact) mass is 773 g/mol. The molecule has 7 N–H and O–H groups in total. The summed E-state index contributed by atoms with van der Waals surface area (Å²) in [6.45, 7) is 5.16. The maximum Gasteiger partial charge on any atom is 0.350 e. The lowest BCUT2D eigenvalue weighted by Gasteiger charge is -2.52. The number of rotatable bonds is 10. The zero-order valence-electron chi connectivity index (χ0n) is 28.2. The highest BCUT2D eigenvalue weighted by Crippen LogP contribution is 2.45. The van der Waals surface area contributed by atoms with Crippen LogP contribution in [0.3, 0.4) is 0 Å². The third kappa shape index (κ3) is 6.47. The molecule has 23 heteroatoms. The first-order valence-corrected chi connectivity index (χ1v) is 18.2. The summed E-state index contributed by atoms with van der Waals surface area (Å²) in [5.41, 5.74) is 4.79. The zero-order chi connectivity index (χ0) is 37.8. The van der Waals surface area contributed by atoms with Crippen molar-refractivity contribution < 1.29 is 48.2 Å². The number of hydrogen-bond donors (Lipinski definition) is 6. The van der Waals surface area contributed by atoms with Gasteiger partial charge in [-0.05, 0) is 36.4 Å². The van der Waals surface area contributed by atoms with Gasteiger partial charge < -0.3 is 40.6 Å². The Morgan fingerprint density at radius 3 is 2.74 bits per heavy atom. The number of phenolic OH excluding ortho intramolecular Hbond substituents is 2. The van der Waals surface area contributed by atoms with Gasteiger partial charge in [0.25, 0.3) is 17.7 Å². The number of piperazine rings is 1. The van der Waals surface area contributed by atoms with Crippen molar-refractivity contribution in [2.75, 3.05) is 44.2 Å². The first-order valence-electron chi connectivity index (χ1n) is 16.4. The Labute approximate surface area is 307 Å². The highest BCUT2D eigenvalue weighted by molar-refractivity contribution is 8.00. The molecule has 0 unspecified atom stereocenters. The van der Waals surface area contributed by atoms with Gasteiger partial charge in [0.05, 0.1) is 31.9 Å². The van der Waals surface area contributed by atoms with Crippen molar-refractivity contribution in [2.45, 2.75) is 49.7 Å². The van der Waals surface area contributed by atoms with Gasteiger partial charge in [-0.2, -0.15) is 9.36 Å². The minimum absolute atomic E-state index is 0.0300. The van der Waals surface area contributed by atoms with Gasteiger partial charge in [0.15, 0.2) is 28.3 Å². The molecule has 3 aromatic rings. The second-order valence-electron chi connectivity index (χ2n) is 13.6. The molecule has 3 saturated heterocycles. The van der Waals surface area contributed by atoms with E-state index in [9.17, 15) is 38.9 Å². The molecule has 0 spiro atoms. The van der Waals surface area contributed by atoms with Gasteiger partial charge >= 0.3 is 5.97 Å². The van der Waals surface area contributed by atoms with E-state index >= 15 is 0 Å². The number of aliphatic carboxylic acids is 1. The molecule has 7 rings (SSSR count). The number of benzene rings is 1. The lowest BCUT2D eigenvalue weighted by Crippen LogP contribution is -2.70. The van der Waals surface area contributed by atoms with Crippen LogP contribution in [0.15, 0.2) is 22.9 Å². The number of carbonyl (C=O) groups excluding carboxylic acids is 3. The highest BCUT2D eigenvalue weighted by Gasteiger charge is 2.56. The van der Waals surface area contributed by atoms with Crippen LogP contribution in [0.25, 0.3) is 5.70 Å². The number of nitrogens with two attached hydrogens (primary N) is 1. The molecule has 0 bridgehead atoms. The number of carboxylic acids is 1. The lowest BCUT2D eigenvalue weighted by molar-refractivity contribution is -0.938. The van der Waals surface area contributed by atoms with E-state index in [2.05, 4.69) is 40.5 Å². The number of aromatic hydroxyl groups is 2. The number of oxime groups is 1. The molecule has 1 aromatic carbocycles. The first-order chi connectivity index (χ1) is 25.2. The van der Waals surface area contributed by atoms with Crippen molar-refractivity contribution in [1.82, 2.24) is 45.1 Å². The van der Waals surface area contributed by atoms with Gasteiger partial charge in [-0.15, -0.1) is 16.9 Å². The number of tetrazole rings is 1. The normalized spacial score (nSPS) is 24.4. The number of carbonyl (C=O) groups is 4. The molecule has 20 nitrogen and oxygen atoms in total. The predicted octanol–water partition coefficient (Wildman–Crippen LogP) is -0.286. The SMILES string of the molecule is CC(C)(O/N=C(\C(=O)N[C@@H]1C(=O)N2C(c3nnn[nH]3)=C(C[N@+]34CCC[C@H]3CN(C(=O)c3cc(O)c(O)c(F)c3)CC4)CS[C@H]12)c1nsc(N)n1)C(=O)O. The van der Waals surface area contributed by atoms with Crippen LogP contribution in [0.5, 0.6) is 11.5 Å². The molecule has 0 aliphatic carbocycles. The number of β-lactam (4-membered cyclic amide) rings is 1. The van der Waals surface area contributed by atoms with Crippen LogP contribution in [0.2, 0.25) is 0 Å². The fourth-order valence-corrected chi connectivity index (χ4v) is 8.85. The largest absolute Gasteiger partial charge is 0.504 e. The number of carboxylic acid groups (broad SMARTS) is 1. The van der Waals surface area contributed by atoms with Crippen molar-refractivity contribution in [1.29, 1.82) is 0 Å². The van der Waals surface area contributed by atoms with Crippen LogP contribution in [0.1, 0.15) is 48.7 Å². The van der Waals surface area contributed by atoms with Crippen LogP contribution < -0.4 is 11.1 Å². The number of aromatic nitrogens is 6. The molecule has 280 valence electrons. The molecule has 4 aliphatic rings. The van der Waals surface area contributed by atoms with Gasteiger partial charge in [-0.1, -0.05) is 5.16 Å². The number of quaternary nitrogens is 1. The Morgan fingerprint density at radius 1 is 1.26 bits per heavy atom. The summed E-state index contributed by atoms with van der Waals surface area (Å²) in [4.78, 5) is 64.7. The molecular weight excluding hydrogens is 740 g/mol. The van der Waals surface area contributed by atoms with E-state index in [0.717, 1.165) is 48.6 Å². The predicted molar refractivity (Wildman–Crippen MR) is 183 cm³/mol.